The van der Waals surface area contributed by atoms with Crippen LogP contribution in [0.4, 0.5) is 0 Å². The number of unbranched alkanes of at least 4 members (excludes halogenated alkanes) is 27. The Morgan fingerprint density at radius 2 is 0.784 bits per heavy atom. The van der Waals surface area contributed by atoms with Crippen LogP contribution in [0.3, 0.4) is 0 Å². The van der Waals surface area contributed by atoms with Crippen molar-refractivity contribution in [3.8, 4) is 0 Å². The van der Waals surface area contributed by atoms with Gasteiger partial charge in [-0.2, -0.15) is 0 Å². The molecule has 0 aliphatic carbocycles. The molecule has 3 heterocycles. The predicted molar refractivity (Wildman–Crippen MR) is 398 cm³/mol. The standard InChI is InChI=1S/C43H77N3O16.C34H59N2O10.2ClH.H2O/c1-30(49)44-32-26-33(51)34(28-47)61-43(32)62-41-35(29-48)60-42(56)39(40(41)55)45-36(52)20-16-12-8-7-9-13-17-21-37(53)58-23-18-14-10-5-6-11-15-19-24-59-38(54)27-46(3,4)22-25-57-31(2)50;1-29(37)43-27-24-36(2,3)28-34(42)45-26-19-15-11-7-6-10-14-18-25-44-32(40)20-16-12-8-4-5-9-13-17-21-33(41)46-35-30(38)22-23-31(35)39;;;/h32-35,39-43,47-48,51,55-56H,5-29H2,1-4H3,(H-,44,45,49,52);4-28H2,1-3H3;2*1H;1H2/q;+1;;;/p-1/t32-,33-,34?,35?,39-,40?,41+,42+,43-;;;;/m1..../s1. The van der Waals surface area contributed by atoms with Crippen LogP contribution in [-0.4, -0.2) is 273 Å². The molecule has 3 fully saturated rings. The van der Waals surface area contributed by atoms with Gasteiger partial charge in [0.05, 0.1) is 80.0 Å². The highest BCUT2D eigenvalue weighted by atomic mass is 35.5. The Hall–Kier alpha value is -5.49. The van der Waals surface area contributed by atoms with Crippen LogP contribution in [-0.2, 0) is 100 Å². The summed E-state index contributed by atoms with van der Waals surface area (Å²) in [5, 5.41) is 57.3. The minimum atomic E-state index is -1.64. The van der Waals surface area contributed by atoms with Crippen LogP contribution in [0.25, 0.3) is 0 Å². The van der Waals surface area contributed by atoms with Gasteiger partial charge in [0.2, 0.25) is 11.8 Å². The summed E-state index contributed by atoms with van der Waals surface area (Å²) >= 11 is 0. The van der Waals surface area contributed by atoms with Crippen molar-refractivity contribution in [2.45, 2.75) is 320 Å². The number of rotatable bonds is 60. The topological polar surface area (TPSA) is 440 Å². The molecule has 34 heteroatoms. The lowest BCUT2D eigenvalue weighted by Crippen LogP contribution is -3.00. The average Bonchev–Trinajstić information content (AvgIpc) is 1.28. The van der Waals surface area contributed by atoms with Gasteiger partial charge in [-0.1, -0.05) is 148 Å². The number of likely N-dealkylation sites (N-methyl/N-ethyl adjacent to an activating group) is 2. The Kier molecular flexibility index (Phi) is 62.7. The maximum absolute atomic E-state index is 12.8. The zero-order valence-electron chi connectivity index (χ0n) is 67.5. The smallest absolute Gasteiger partial charge is 0.361 e. The number of imide groups is 1. The highest BCUT2D eigenvalue weighted by molar-refractivity contribution is 6.01. The Balaban J connectivity index is 0. The number of nitrogens with zero attached hydrogens (tertiary/aromatic N) is 3. The first kappa shape index (κ1) is 108. The number of nitrogens with one attached hydrogen (secondary N) is 2. The van der Waals surface area contributed by atoms with Crippen LogP contribution >= 0.6 is 0 Å². The van der Waals surface area contributed by atoms with Crippen molar-refractivity contribution >= 4 is 65.4 Å². The zero-order valence-corrected chi connectivity index (χ0v) is 69.0. The molecule has 3 rings (SSSR count). The number of hydroxylamine groups is 2. The Bertz CT molecular complexity index is 2580. The number of hydrogen-bond donors (Lipinski definition) is 7. The first-order valence-electron chi connectivity index (χ1n) is 39.9. The molecule has 3 unspecified atom stereocenters. The van der Waals surface area contributed by atoms with Crippen LogP contribution in [0.2, 0.25) is 0 Å². The van der Waals surface area contributed by atoms with E-state index in [0.717, 1.165) is 186 Å². The molecule has 0 aromatic rings. The number of carbonyl (C=O) groups excluding carboxylic acids is 11. The summed E-state index contributed by atoms with van der Waals surface area (Å²) < 4.78 is 49.2. The number of aliphatic hydroxyl groups excluding tert-OH is 5. The van der Waals surface area contributed by atoms with Gasteiger partial charge in [0.1, 0.15) is 56.8 Å². The second-order valence-corrected chi connectivity index (χ2v) is 30.0. The van der Waals surface area contributed by atoms with E-state index in [-0.39, 0.29) is 125 Å². The third-order valence-electron chi connectivity index (χ3n) is 18.9. The number of ether oxygens (including phenoxy) is 9. The van der Waals surface area contributed by atoms with Crippen LogP contribution < -0.4 is 35.4 Å². The number of aliphatic hydroxyl groups is 5. The first-order chi connectivity index (χ1) is 51.6. The summed E-state index contributed by atoms with van der Waals surface area (Å²) in [5.41, 5.74) is 0. The second-order valence-electron chi connectivity index (χ2n) is 30.0. The molecule has 648 valence electrons. The normalized spacial score (nSPS) is 19.5. The largest absolute Gasteiger partial charge is 1.00 e. The van der Waals surface area contributed by atoms with E-state index in [1.54, 1.807) is 0 Å². The van der Waals surface area contributed by atoms with Crippen molar-refractivity contribution in [1.82, 2.24) is 15.7 Å². The molecule has 3 aliphatic rings. The molecule has 3 saturated heterocycles. The van der Waals surface area contributed by atoms with Gasteiger partial charge in [0, 0.05) is 65.7 Å². The fraction of sp³-hybridized carbons (Fsp3) is 0.857. The van der Waals surface area contributed by atoms with Crippen LogP contribution in [0.5, 0.6) is 0 Å². The highest BCUT2D eigenvalue weighted by Gasteiger charge is 2.49. The average molecular weight is 1640 g/mol. The summed E-state index contributed by atoms with van der Waals surface area (Å²) in [7, 11) is 7.61. The fourth-order valence-corrected chi connectivity index (χ4v) is 12.5. The van der Waals surface area contributed by atoms with Gasteiger partial charge in [0.15, 0.2) is 25.7 Å². The van der Waals surface area contributed by atoms with Crippen LogP contribution in [0.15, 0.2) is 0 Å². The molecule has 9 N–H and O–H groups in total. The zero-order chi connectivity index (χ0) is 80.0. The molecule has 32 nitrogen and oxygen atoms in total. The minimum absolute atomic E-state index is 0. The van der Waals surface area contributed by atoms with Gasteiger partial charge in [-0.15, -0.1) is 5.06 Å². The molecule has 0 saturated carbocycles. The van der Waals surface area contributed by atoms with Crippen molar-refractivity contribution in [2.75, 3.05) is 107 Å². The SMILES string of the molecule is CC(=O)N[C@@H]1C[C@@H](O)C(CO)O[C@@H]1O[C@H]1C(CO)O[C@H](O)[C@H](NC(=O)CCCCCCCCCC(=O)OCCCCCCCCCCOC(=O)C[N+](C)(C)CCOC(C)=O)C1O.CC(=O)OCC[N+](C)(C)CC(=O)OCCCCCCCCCCOC(=O)CCCCCCCCCCC(=O)ON1C(=O)CCC1=O.O.[Cl-].[Cl-]. The maximum Gasteiger partial charge on any atom is 0.361 e. The predicted octanol–water partition coefficient (Wildman–Crippen LogP) is -0.218. The van der Waals surface area contributed by atoms with Gasteiger partial charge in [-0.3, -0.25) is 38.4 Å². The number of hydrogen-bond acceptors (Lipinski definition) is 26. The Morgan fingerprint density at radius 3 is 1.14 bits per heavy atom. The maximum atomic E-state index is 12.8. The van der Waals surface area contributed by atoms with Crippen LogP contribution in [0.1, 0.15) is 265 Å². The molecule has 0 spiro atoms. The molecular formula is C77H139Cl2N5O27. The molecule has 9 atom stereocenters. The van der Waals surface area contributed by atoms with E-state index in [1.165, 1.54) is 20.8 Å². The minimum Gasteiger partial charge on any atom is -1.00 e. The summed E-state index contributed by atoms with van der Waals surface area (Å²) in [5.74, 6) is -3.70. The monoisotopic (exact) mass is 1640 g/mol. The van der Waals surface area contributed by atoms with E-state index < -0.39 is 98.0 Å². The lowest BCUT2D eigenvalue weighted by Gasteiger charge is -2.46. The molecule has 4 amide bonds. The van der Waals surface area contributed by atoms with E-state index in [0.29, 0.717) is 79.2 Å². The summed E-state index contributed by atoms with van der Waals surface area (Å²) in [6.07, 6.45) is 22.3. The molecule has 0 aromatic heterocycles. The molecule has 0 radical (unpaired) electrons. The molecule has 0 aromatic carbocycles. The molecule has 3 aliphatic heterocycles. The first-order valence-corrected chi connectivity index (χ1v) is 39.9. The molecule has 0 bridgehead atoms. The fourth-order valence-electron chi connectivity index (χ4n) is 12.5. The molecule has 111 heavy (non-hydrogen) atoms. The third kappa shape index (κ3) is 54.1. The lowest BCUT2D eigenvalue weighted by molar-refractivity contribution is -0.883. The van der Waals surface area contributed by atoms with E-state index in [1.807, 2.05) is 28.2 Å². The number of carbonyl (C=O) groups is 11. The van der Waals surface area contributed by atoms with Crippen molar-refractivity contribution in [2.24, 2.45) is 0 Å². The summed E-state index contributed by atoms with van der Waals surface area (Å²) in [6, 6.07) is -2.15. The number of halogens is 2. The lowest BCUT2D eigenvalue weighted by atomic mass is 9.95. The van der Waals surface area contributed by atoms with Crippen molar-refractivity contribution in [3.63, 3.8) is 0 Å². The highest BCUT2D eigenvalue weighted by Crippen LogP contribution is 2.29. The number of amides is 4. The van der Waals surface area contributed by atoms with Gasteiger partial charge >= 0.3 is 41.8 Å². The van der Waals surface area contributed by atoms with Crippen molar-refractivity contribution in [1.29, 1.82) is 0 Å². The Labute approximate surface area is 670 Å². The third-order valence-corrected chi connectivity index (χ3v) is 18.9. The summed E-state index contributed by atoms with van der Waals surface area (Å²) in [4.78, 5) is 134. The van der Waals surface area contributed by atoms with Crippen molar-refractivity contribution in [3.05, 3.63) is 0 Å². The van der Waals surface area contributed by atoms with Crippen molar-refractivity contribution < 1.29 is 165 Å². The Morgan fingerprint density at radius 1 is 0.441 bits per heavy atom. The quantitative estimate of drug-likeness (QED) is 0.0136. The van der Waals surface area contributed by atoms with Gasteiger partial charge < -0.3 is 123 Å². The van der Waals surface area contributed by atoms with E-state index in [9.17, 15) is 78.3 Å². The van der Waals surface area contributed by atoms with E-state index in [4.69, 9.17) is 47.5 Å². The number of esters is 6. The van der Waals surface area contributed by atoms with E-state index >= 15 is 0 Å². The van der Waals surface area contributed by atoms with Gasteiger partial charge in [0.25, 0.3) is 11.8 Å². The molecular weight excluding hydrogens is 1500 g/mol. The van der Waals surface area contributed by atoms with Gasteiger partial charge in [-0.05, 0) is 51.4 Å². The summed E-state index contributed by atoms with van der Waals surface area (Å²) in [6.45, 7) is 6.74. The second kappa shape index (κ2) is 64.7. The van der Waals surface area contributed by atoms with E-state index in [2.05, 4.69) is 10.6 Å². The number of quaternary nitrogens is 2. The van der Waals surface area contributed by atoms with Gasteiger partial charge in [-0.25, -0.2) is 14.4 Å². The van der Waals surface area contributed by atoms with Crippen LogP contribution in [0, 0.1) is 0 Å².